The summed E-state index contributed by atoms with van der Waals surface area (Å²) in [4.78, 5) is 8.71. The van der Waals surface area contributed by atoms with Crippen molar-refractivity contribution in [2.24, 2.45) is 12.0 Å². The van der Waals surface area contributed by atoms with Crippen molar-refractivity contribution in [2.75, 3.05) is 26.2 Å². The van der Waals surface area contributed by atoms with Crippen molar-refractivity contribution >= 4 is 41.3 Å². The van der Waals surface area contributed by atoms with Crippen LogP contribution in [0, 0.1) is 0 Å². The van der Waals surface area contributed by atoms with Gasteiger partial charge in [-0.15, -0.1) is 35.3 Å². The molecule has 6 nitrogen and oxygen atoms in total. The molecule has 0 saturated carbocycles. The number of thiophene rings is 1. The molecule has 0 spiro atoms. The zero-order valence-corrected chi connectivity index (χ0v) is 18.0. The number of nitrogens with zero attached hydrogens (tertiary/aromatic N) is 4. The highest BCUT2D eigenvalue weighted by Gasteiger charge is 2.16. The first-order valence-electron chi connectivity index (χ1n) is 8.53. The van der Waals surface area contributed by atoms with Crippen molar-refractivity contribution in [1.82, 2.24) is 25.3 Å². The minimum Gasteiger partial charge on any atom is -0.357 e. The van der Waals surface area contributed by atoms with Gasteiger partial charge in [0.05, 0.1) is 12.2 Å². The molecule has 0 aliphatic carbocycles. The first-order valence-corrected chi connectivity index (χ1v) is 9.41. The Morgan fingerprint density at radius 1 is 1.36 bits per heavy atom. The van der Waals surface area contributed by atoms with Gasteiger partial charge >= 0.3 is 0 Å². The van der Waals surface area contributed by atoms with Gasteiger partial charge in [0.2, 0.25) is 0 Å². The molecular formula is C17H27IN6S. The lowest BCUT2D eigenvalue weighted by Gasteiger charge is -2.27. The van der Waals surface area contributed by atoms with Gasteiger partial charge in [0.15, 0.2) is 5.96 Å². The second-order valence-electron chi connectivity index (χ2n) is 5.96. The Bertz CT molecular complexity index is 680. The first-order chi connectivity index (χ1) is 11.8. The number of aryl methyl sites for hydroxylation is 1. The lowest BCUT2D eigenvalue weighted by Crippen LogP contribution is -2.42. The fourth-order valence-corrected chi connectivity index (χ4v) is 3.78. The highest BCUT2D eigenvalue weighted by atomic mass is 127. The van der Waals surface area contributed by atoms with E-state index < -0.39 is 0 Å². The number of guanidine groups is 1. The van der Waals surface area contributed by atoms with Gasteiger partial charge in [0.1, 0.15) is 0 Å². The molecule has 0 bridgehead atoms. The number of rotatable bonds is 6. The van der Waals surface area contributed by atoms with Gasteiger partial charge in [-0.3, -0.25) is 9.58 Å². The Hall–Kier alpha value is -1.13. The summed E-state index contributed by atoms with van der Waals surface area (Å²) in [6, 6.07) is 4.26. The summed E-state index contributed by atoms with van der Waals surface area (Å²) in [7, 11) is 1.94. The average Bonchev–Trinajstić information content (AvgIpc) is 3.21. The van der Waals surface area contributed by atoms with E-state index in [1.807, 2.05) is 29.1 Å². The summed E-state index contributed by atoms with van der Waals surface area (Å²) in [6.45, 7) is 7.74. The molecule has 2 aromatic heterocycles. The fourth-order valence-electron chi connectivity index (χ4n) is 2.89. The van der Waals surface area contributed by atoms with Crippen LogP contribution in [0.3, 0.4) is 0 Å². The SMILES string of the molecule is CCNC(=NCc1ccnn1C)NCCN1CCc2sccc2C1.I. The van der Waals surface area contributed by atoms with E-state index in [2.05, 4.69) is 44.0 Å². The number of nitrogens with one attached hydrogen (secondary N) is 2. The Balaban J connectivity index is 0.00000225. The number of hydrogen-bond acceptors (Lipinski definition) is 4. The summed E-state index contributed by atoms with van der Waals surface area (Å²) >= 11 is 1.89. The molecule has 2 N–H and O–H groups in total. The summed E-state index contributed by atoms with van der Waals surface area (Å²) < 4.78 is 1.86. The maximum atomic E-state index is 4.64. The standard InChI is InChI=1S/C17H26N6S.HI/c1-3-18-17(20-12-15-4-7-21-22(15)2)19-8-10-23-9-5-16-14(13-23)6-11-24-16;/h4,6-7,11H,3,5,8-10,12-13H2,1-2H3,(H2,18,19,20);1H. The monoisotopic (exact) mass is 474 g/mol. The van der Waals surface area contributed by atoms with Crippen molar-refractivity contribution in [3.05, 3.63) is 39.8 Å². The summed E-state index contributed by atoms with van der Waals surface area (Å²) in [6.07, 6.45) is 2.99. The van der Waals surface area contributed by atoms with E-state index in [-0.39, 0.29) is 24.0 Å². The molecule has 0 unspecified atom stereocenters. The van der Waals surface area contributed by atoms with Crippen LogP contribution >= 0.6 is 35.3 Å². The smallest absolute Gasteiger partial charge is 0.191 e. The Morgan fingerprint density at radius 3 is 3.00 bits per heavy atom. The van der Waals surface area contributed by atoms with Crippen LogP contribution in [0.25, 0.3) is 0 Å². The van der Waals surface area contributed by atoms with Gasteiger partial charge in [-0.25, -0.2) is 4.99 Å². The van der Waals surface area contributed by atoms with Crippen molar-refractivity contribution in [2.45, 2.75) is 26.4 Å². The second kappa shape index (κ2) is 10.1. The fraction of sp³-hybridized carbons (Fsp3) is 0.529. The molecule has 2 aromatic rings. The molecule has 25 heavy (non-hydrogen) atoms. The average molecular weight is 474 g/mol. The van der Waals surface area contributed by atoms with E-state index in [0.717, 1.165) is 44.4 Å². The van der Waals surface area contributed by atoms with E-state index in [0.29, 0.717) is 6.54 Å². The predicted molar refractivity (Wildman–Crippen MR) is 115 cm³/mol. The van der Waals surface area contributed by atoms with Crippen molar-refractivity contribution in [3.63, 3.8) is 0 Å². The number of halogens is 1. The van der Waals surface area contributed by atoms with Crippen LogP contribution in [0.4, 0.5) is 0 Å². The number of aromatic nitrogens is 2. The Kier molecular flexibility index (Phi) is 8.17. The molecule has 3 heterocycles. The van der Waals surface area contributed by atoms with Crippen LogP contribution < -0.4 is 10.6 Å². The number of fused-ring (bicyclic) bond motifs is 1. The molecule has 0 saturated heterocycles. The number of hydrogen-bond donors (Lipinski definition) is 2. The predicted octanol–water partition coefficient (Wildman–Crippen LogP) is 2.21. The van der Waals surface area contributed by atoms with Crippen molar-refractivity contribution in [3.8, 4) is 0 Å². The van der Waals surface area contributed by atoms with Crippen LogP contribution in [-0.4, -0.2) is 46.8 Å². The van der Waals surface area contributed by atoms with E-state index in [4.69, 9.17) is 0 Å². The zero-order valence-electron chi connectivity index (χ0n) is 14.9. The third-order valence-corrected chi connectivity index (χ3v) is 5.30. The Labute approximate surface area is 170 Å². The number of aliphatic imine (C=N–C) groups is 1. The molecule has 8 heteroatoms. The molecule has 1 aliphatic rings. The van der Waals surface area contributed by atoms with E-state index in [9.17, 15) is 0 Å². The maximum absolute atomic E-state index is 4.64. The molecule has 0 fully saturated rings. The van der Waals surface area contributed by atoms with Crippen LogP contribution in [-0.2, 0) is 26.6 Å². The summed E-state index contributed by atoms with van der Waals surface area (Å²) in [5.41, 5.74) is 2.61. The van der Waals surface area contributed by atoms with Gasteiger partial charge in [0, 0.05) is 50.8 Å². The summed E-state index contributed by atoms with van der Waals surface area (Å²) in [5.74, 6) is 0.868. The van der Waals surface area contributed by atoms with Crippen LogP contribution in [0.1, 0.15) is 23.1 Å². The Morgan fingerprint density at radius 2 is 2.24 bits per heavy atom. The third kappa shape index (κ3) is 5.68. The van der Waals surface area contributed by atoms with Crippen LogP contribution in [0.2, 0.25) is 0 Å². The van der Waals surface area contributed by atoms with E-state index >= 15 is 0 Å². The van der Waals surface area contributed by atoms with Gasteiger partial charge < -0.3 is 10.6 Å². The first kappa shape index (κ1) is 20.2. The van der Waals surface area contributed by atoms with Gasteiger partial charge in [0.25, 0.3) is 0 Å². The minimum absolute atomic E-state index is 0. The van der Waals surface area contributed by atoms with Gasteiger partial charge in [-0.1, -0.05) is 0 Å². The van der Waals surface area contributed by atoms with Crippen LogP contribution in [0.5, 0.6) is 0 Å². The minimum atomic E-state index is 0. The lowest BCUT2D eigenvalue weighted by atomic mass is 10.1. The highest BCUT2D eigenvalue weighted by Crippen LogP contribution is 2.23. The van der Waals surface area contributed by atoms with Gasteiger partial charge in [-0.05, 0) is 36.4 Å². The van der Waals surface area contributed by atoms with Crippen LogP contribution in [0.15, 0.2) is 28.7 Å². The topological polar surface area (TPSA) is 57.5 Å². The van der Waals surface area contributed by atoms with E-state index in [1.54, 1.807) is 11.1 Å². The molecule has 0 aromatic carbocycles. The largest absolute Gasteiger partial charge is 0.357 e. The normalized spacial score (nSPS) is 14.7. The quantitative estimate of drug-likeness (QED) is 0.383. The molecule has 138 valence electrons. The second-order valence-corrected chi connectivity index (χ2v) is 6.96. The molecule has 0 atom stereocenters. The molecule has 1 aliphatic heterocycles. The molecule has 3 rings (SSSR count). The molecule has 0 amide bonds. The van der Waals surface area contributed by atoms with E-state index in [1.165, 1.54) is 12.0 Å². The zero-order chi connectivity index (χ0) is 16.8. The molecule has 0 radical (unpaired) electrons. The van der Waals surface area contributed by atoms with Crippen molar-refractivity contribution < 1.29 is 0 Å². The molecular weight excluding hydrogens is 447 g/mol. The third-order valence-electron chi connectivity index (χ3n) is 4.27. The van der Waals surface area contributed by atoms with Crippen molar-refractivity contribution in [1.29, 1.82) is 0 Å². The highest BCUT2D eigenvalue weighted by molar-refractivity contribution is 14.0. The van der Waals surface area contributed by atoms with Gasteiger partial charge in [-0.2, -0.15) is 5.10 Å². The summed E-state index contributed by atoms with van der Waals surface area (Å²) in [5, 5.41) is 13.1. The maximum Gasteiger partial charge on any atom is 0.191 e. The lowest BCUT2D eigenvalue weighted by molar-refractivity contribution is 0.260.